The summed E-state index contributed by atoms with van der Waals surface area (Å²) in [6.45, 7) is 4.41. The third-order valence-corrected chi connectivity index (χ3v) is 5.54. The molecule has 21 heavy (non-hydrogen) atoms. The van der Waals surface area contributed by atoms with Gasteiger partial charge in [-0.05, 0) is 49.2 Å². The summed E-state index contributed by atoms with van der Waals surface area (Å²) in [5.41, 5.74) is 6.48. The van der Waals surface area contributed by atoms with Crippen molar-refractivity contribution in [3.63, 3.8) is 0 Å². The van der Waals surface area contributed by atoms with Crippen molar-refractivity contribution in [1.29, 1.82) is 0 Å². The van der Waals surface area contributed by atoms with Gasteiger partial charge in [0, 0.05) is 16.3 Å². The molecule has 2 heterocycles. The monoisotopic (exact) mass is 311 g/mol. The molecule has 0 aliphatic rings. The first-order valence-electron chi connectivity index (χ1n) is 6.92. The molecule has 0 aliphatic carbocycles. The van der Waals surface area contributed by atoms with Crippen LogP contribution in [0.15, 0.2) is 48.5 Å². The van der Waals surface area contributed by atoms with E-state index in [0.29, 0.717) is 0 Å². The number of aryl methyl sites for hydroxylation is 2. The van der Waals surface area contributed by atoms with Crippen molar-refractivity contribution < 1.29 is 0 Å². The summed E-state index contributed by atoms with van der Waals surface area (Å²) in [4.78, 5) is 1.33. The maximum Gasteiger partial charge on any atom is 0.104 e. The number of benzene rings is 2. The summed E-state index contributed by atoms with van der Waals surface area (Å²) >= 11 is 7.87. The normalized spacial score (nSPS) is 11.6. The number of halogens is 1. The van der Waals surface area contributed by atoms with Gasteiger partial charge in [0.2, 0.25) is 0 Å². The number of thiazole rings is 1. The molecule has 3 heteroatoms. The Bertz CT molecular complexity index is 960. The predicted molar refractivity (Wildman–Crippen MR) is 92.7 cm³/mol. The van der Waals surface area contributed by atoms with Crippen LogP contribution in [0.2, 0.25) is 5.02 Å². The fraction of sp³-hybridized carbons (Fsp3) is 0.111. The Hall–Kier alpha value is -1.77. The van der Waals surface area contributed by atoms with Gasteiger partial charge in [-0.25, -0.2) is 0 Å². The standard InChI is InChI=1S/C18H14ClNS/c1-11-17(13-7-9-14(19)10-8-13)12(2)20-15-5-3-4-6-16(15)21-18(11)20/h3-10H,1-2H3. The van der Waals surface area contributed by atoms with Gasteiger partial charge in [0.05, 0.1) is 10.2 Å². The lowest BCUT2D eigenvalue weighted by molar-refractivity contribution is 1.19. The number of nitrogens with zero attached hydrogens (tertiary/aromatic N) is 1. The van der Waals surface area contributed by atoms with Crippen LogP contribution in [-0.2, 0) is 0 Å². The Kier molecular flexibility index (Phi) is 2.84. The minimum absolute atomic E-state index is 0.778. The highest BCUT2D eigenvalue weighted by Crippen LogP contribution is 2.39. The van der Waals surface area contributed by atoms with Crippen molar-refractivity contribution in [2.24, 2.45) is 0 Å². The van der Waals surface area contributed by atoms with E-state index >= 15 is 0 Å². The van der Waals surface area contributed by atoms with Gasteiger partial charge >= 0.3 is 0 Å². The van der Waals surface area contributed by atoms with E-state index in [-0.39, 0.29) is 0 Å². The predicted octanol–water partition coefficient (Wildman–Crippen LogP) is 6.09. The molecule has 0 aliphatic heterocycles. The molecule has 104 valence electrons. The summed E-state index contributed by atoms with van der Waals surface area (Å²) in [7, 11) is 0. The third kappa shape index (κ3) is 1.83. The average molecular weight is 312 g/mol. The molecule has 0 saturated carbocycles. The van der Waals surface area contributed by atoms with Crippen LogP contribution in [0.25, 0.3) is 26.2 Å². The Balaban J connectivity index is 2.09. The van der Waals surface area contributed by atoms with E-state index in [1.807, 2.05) is 23.5 Å². The fourth-order valence-corrected chi connectivity index (χ4v) is 4.42. The van der Waals surface area contributed by atoms with E-state index in [2.05, 4.69) is 54.6 Å². The molecule has 2 aromatic carbocycles. The number of hydrogen-bond donors (Lipinski definition) is 0. The van der Waals surface area contributed by atoms with E-state index in [1.54, 1.807) is 0 Å². The Morgan fingerprint density at radius 3 is 2.43 bits per heavy atom. The Morgan fingerprint density at radius 2 is 1.67 bits per heavy atom. The first-order chi connectivity index (χ1) is 10.2. The van der Waals surface area contributed by atoms with Gasteiger partial charge < -0.3 is 4.40 Å². The summed E-state index contributed by atoms with van der Waals surface area (Å²) < 4.78 is 3.71. The lowest BCUT2D eigenvalue weighted by atomic mass is 10.0. The van der Waals surface area contributed by atoms with E-state index in [0.717, 1.165) is 5.02 Å². The van der Waals surface area contributed by atoms with Gasteiger partial charge in [-0.1, -0.05) is 35.9 Å². The van der Waals surface area contributed by atoms with E-state index in [1.165, 1.54) is 37.4 Å². The van der Waals surface area contributed by atoms with E-state index in [4.69, 9.17) is 11.6 Å². The van der Waals surface area contributed by atoms with Crippen LogP contribution in [-0.4, -0.2) is 4.40 Å². The largest absolute Gasteiger partial charge is 0.304 e. The number of rotatable bonds is 1. The fourth-order valence-electron chi connectivity index (χ4n) is 3.10. The molecule has 0 atom stereocenters. The van der Waals surface area contributed by atoms with Crippen LogP contribution in [0.4, 0.5) is 0 Å². The topological polar surface area (TPSA) is 4.41 Å². The van der Waals surface area contributed by atoms with Gasteiger partial charge in [0.15, 0.2) is 0 Å². The van der Waals surface area contributed by atoms with Crippen LogP contribution in [0, 0.1) is 13.8 Å². The molecule has 0 N–H and O–H groups in total. The van der Waals surface area contributed by atoms with Gasteiger partial charge in [0.25, 0.3) is 0 Å². The summed E-state index contributed by atoms with van der Waals surface area (Å²) in [6, 6.07) is 16.7. The van der Waals surface area contributed by atoms with Crippen molar-refractivity contribution in [3.05, 3.63) is 64.8 Å². The van der Waals surface area contributed by atoms with Crippen LogP contribution < -0.4 is 0 Å². The summed E-state index contributed by atoms with van der Waals surface area (Å²) in [5, 5.41) is 0.778. The summed E-state index contributed by atoms with van der Waals surface area (Å²) in [6.07, 6.45) is 0. The van der Waals surface area contributed by atoms with Crippen molar-refractivity contribution in [3.8, 4) is 11.1 Å². The van der Waals surface area contributed by atoms with Crippen molar-refractivity contribution in [1.82, 2.24) is 4.40 Å². The molecule has 0 amide bonds. The van der Waals surface area contributed by atoms with Gasteiger partial charge in [-0.15, -0.1) is 11.3 Å². The van der Waals surface area contributed by atoms with E-state index < -0.39 is 0 Å². The maximum atomic E-state index is 6.01. The first-order valence-corrected chi connectivity index (χ1v) is 8.11. The zero-order valence-corrected chi connectivity index (χ0v) is 13.4. The molecule has 4 rings (SSSR count). The maximum absolute atomic E-state index is 6.01. The zero-order valence-electron chi connectivity index (χ0n) is 11.9. The number of para-hydroxylation sites is 1. The molecule has 4 aromatic rings. The molecular weight excluding hydrogens is 298 g/mol. The van der Waals surface area contributed by atoms with Crippen LogP contribution in [0.5, 0.6) is 0 Å². The number of hydrogen-bond acceptors (Lipinski definition) is 1. The molecule has 0 spiro atoms. The minimum Gasteiger partial charge on any atom is -0.304 e. The van der Waals surface area contributed by atoms with E-state index in [9.17, 15) is 0 Å². The quantitative estimate of drug-likeness (QED) is 0.400. The Labute approximate surface area is 132 Å². The second-order valence-electron chi connectivity index (χ2n) is 5.30. The molecular formula is C18H14ClNS. The highest BCUT2D eigenvalue weighted by molar-refractivity contribution is 7.24. The minimum atomic E-state index is 0.778. The second kappa shape index (κ2) is 4.62. The molecule has 0 fully saturated rings. The number of fused-ring (bicyclic) bond motifs is 3. The lowest BCUT2D eigenvalue weighted by Gasteiger charge is -2.04. The van der Waals surface area contributed by atoms with Crippen molar-refractivity contribution in [2.75, 3.05) is 0 Å². The molecule has 1 nitrogen and oxygen atoms in total. The number of aromatic nitrogens is 1. The Morgan fingerprint density at radius 1 is 0.952 bits per heavy atom. The molecule has 0 unspecified atom stereocenters. The van der Waals surface area contributed by atoms with Crippen LogP contribution >= 0.6 is 22.9 Å². The zero-order chi connectivity index (χ0) is 14.6. The van der Waals surface area contributed by atoms with Gasteiger partial charge in [-0.3, -0.25) is 0 Å². The van der Waals surface area contributed by atoms with Crippen molar-refractivity contribution >= 4 is 38.0 Å². The highest BCUT2D eigenvalue weighted by atomic mass is 35.5. The van der Waals surface area contributed by atoms with Crippen LogP contribution in [0.3, 0.4) is 0 Å². The molecule has 2 aromatic heterocycles. The third-order valence-electron chi connectivity index (χ3n) is 4.04. The smallest absolute Gasteiger partial charge is 0.104 e. The van der Waals surface area contributed by atoms with Gasteiger partial charge in [0.1, 0.15) is 4.83 Å². The lowest BCUT2D eigenvalue weighted by Crippen LogP contribution is -1.86. The van der Waals surface area contributed by atoms with Crippen molar-refractivity contribution in [2.45, 2.75) is 13.8 Å². The second-order valence-corrected chi connectivity index (χ2v) is 6.77. The molecule has 0 radical (unpaired) electrons. The van der Waals surface area contributed by atoms with Gasteiger partial charge in [-0.2, -0.15) is 0 Å². The average Bonchev–Trinajstić information content (AvgIpc) is 2.98. The summed E-state index contributed by atoms with van der Waals surface area (Å²) in [5.74, 6) is 0. The SMILES string of the molecule is Cc1c(-c2ccc(Cl)cc2)c(C)n2c1sc1ccccc12. The molecule has 0 saturated heterocycles. The molecule has 0 bridgehead atoms. The first kappa shape index (κ1) is 12.9. The highest BCUT2D eigenvalue weighted by Gasteiger charge is 2.17. The van der Waals surface area contributed by atoms with Crippen LogP contribution in [0.1, 0.15) is 11.3 Å².